The Morgan fingerprint density at radius 1 is 1.23 bits per heavy atom. The highest BCUT2D eigenvalue weighted by atomic mass is 32.1. The standard InChI is InChI=1S/C16H16N2O3S/c1-4-18-9-17-15-14(16(18)19)11(8-22-15)10-5-6-12(20-2)13(7-10)21-3/h5-9H,4H2,1-3H3. The Morgan fingerprint density at radius 3 is 2.68 bits per heavy atom. The van der Waals surface area contributed by atoms with Crippen molar-refractivity contribution in [2.75, 3.05) is 14.2 Å². The molecule has 2 aromatic heterocycles. The molecule has 0 bridgehead atoms. The molecule has 0 spiro atoms. The molecule has 0 atom stereocenters. The number of thiophene rings is 1. The van der Waals surface area contributed by atoms with E-state index in [1.807, 2.05) is 30.5 Å². The van der Waals surface area contributed by atoms with E-state index in [9.17, 15) is 4.79 Å². The van der Waals surface area contributed by atoms with Gasteiger partial charge in [-0.05, 0) is 24.6 Å². The van der Waals surface area contributed by atoms with Crippen LogP contribution in [0.3, 0.4) is 0 Å². The Morgan fingerprint density at radius 2 is 2.00 bits per heavy atom. The summed E-state index contributed by atoms with van der Waals surface area (Å²) in [5.41, 5.74) is 1.77. The molecule has 0 aliphatic heterocycles. The molecule has 0 aliphatic carbocycles. The first-order valence-corrected chi connectivity index (χ1v) is 7.76. The number of fused-ring (bicyclic) bond motifs is 1. The smallest absolute Gasteiger partial charge is 0.262 e. The van der Waals surface area contributed by atoms with Gasteiger partial charge in [-0.1, -0.05) is 6.07 Å². The van der Waals surface area contributed by atoms with E-state index in [-0.39, 0.29) is 5.56 Å². The molecule has 0 saturated carbocycles. The molecule has 6 heteroatoms. The Kier molecular flexibility index (Phi) is 3.85. The van der Waals surface area contributed by atoms with Crippen LogP contribution in [-0.2, 0) is 6.54 Å². The van der Waals surface area contributed by atoms with Crippen LogP contribution in [-0.4, -0.2) is 23.8 Å². The van der Waals surface area contributed by atoms with E-state index >= 15 is 0 Å². The molecule has 0 saturated heterocycles. The van der Waals surface area contributed by atoms with Crippen LogP contribution < -0.4 is 15.0 Å². The molecule has 0 fully saturated rings. The van der Waals surface area contributed by atoms with Crippen LogP contribution in [0, 0.1) is 0 Å². The monoisotopic (exact) mass is 316 g/mol. The Bertz CT molecular complexity index is 883. The Balaban J connectivity index is 2.24. The fourth-order valence-electron chi connectivity index (χ4n) is 2.41. The number of ether oxygens (including phenoxy) is 2. The second-order valence-corrected chi connectivity index (χ2v) is 5.59. The lowest BCUT2D eigenvalue weighted by Crippen LogP contribution is -2.19. The van der Waals surface area contributed by atoms with Crippen molar-refractivity contribution in [2.24, 2.45) is 0 Å². The van der Waals surface area contributed by atoms with Gasteiger partial charge in [-0.2, -0.15) is 0 Å². The van der Waals surface area contributed by atoms with Crippen LogP contribution in [0.4, 0.5) is 0 Å². The number of aryl methyl sites for hydroxylation is 1. The molecule has 3 aromatic rings. The summed E-state index contributed by atoms with van der Waals surface area (Å²) >= 11 is 1.47. The second-order valence-electron chi connectivity index (χ2n) is 4.74. The van der Waals surface area contributed by atoms with Crippen molar-refractivity contribution >= 4 is 21.6 Å². The highest BCUT2D eigenvalue weighted by molar-refractivity contribution is 7.17. The Hall–Kier alpha value is -2.34. The molecular weight excluding hydrogens is 300 g/mol. The van der Waals surface area contributed by atoms with Crippen LogP contribution in [0.15, 0.2) is 34.7 Å². The van der Waals surface area contributed by atoms with Crippen LogP contribution in [0.25, 0.3) is 21.3 Å². The van der Waals surface area contributed by atoms with Gasteiger partial charge in [0.25, 0.3) is 5.56 Å². The molecule has 114 valence electrons. The summed E-state index contributed by atoms with van der Waals surface area (Å²) in [6, 6.07) is 5.64. The van der Waals surface area contributed by atoms with Crippen molar-refractivity contribution in [1.29, 1.82) is 0 Å². The molecule has 0 unspecified atom stereocenters. The summed E-state index contributed by atoms with van der Waals surface area (Å²) < 4.78 is 12.2. The Labute approximate surface area is 131 Å². The predicted molar refractivity (Wildman–Crippen MR) is 88.1 cm³/mol. The maximum absolute atomic E-state index is 12.6. The van der Waals surface area contributed by atoms with Crippen LogP contribution in [0.5, 0.6) is 11.5 Å². The van der Waals surface area contributed by atoms with Gasteiger partial charge in [0.1, 0.15) is 4.83 Å². The van der Waals surface area contributed by atoms with Crippen LogP contribution in [0.2, 0.25) is 0 Å². The lowest BCUT2D eigenvalue weighted by Gasteiger charge is -2.09. The molecule has 1 aromatic carbocycles. The highest BCUT2D eigenvalue weighted by Crippen LogP contribution is 2.36. The number of hydrogen-bond acceptors (Lipinski definition) is 5. The number of methoxy groups -OCH3 is 2. The lowest BCUT2D eigenvalue weighted by atomic mass is 10.1. The van der Waals surface area contributed by atoms with Crippen molar-refractivity contribution in [3.63, 3.8) is 0 Å². The van der Waals surface area contributed by atoms with Crippen LogP contribution in [0.1, 0.15) is 6.92 Å². The van der Waals surface area contributed by atoms with E-state index in [0.29, 0.717) is 23.4 Å². The third-order valence-electron chi connectivity index (χ3n) is 3.60. The SMILES string of the molecule is CCn1cnc2scc(-c3ccc(OC)c(OC)c3)c2c1=O. The third-order valence-corrected chi connectivity index (χ3v) is 4.48. The van der Waals surface area contributed by atoms with Crippen molar-refractivity contribution in [2.45, 2.75) is 13.5 Å². The fraction of sp³-hybridized carbons (Fsp3) is 0.250. The number of hydrogen-bond donors (Lipinski definition) is 0. The maximum Gasteiger partial charge on any atom is 0.262 e. The van der Waals surface area contributed by atoms with Gasteiger partial charge in [-0.25, -0.2) is 4.98 Å². The molecule has 22 heavy (non-hydrogen) atoms. The number of aromatic nitrogens is 2. The predicted octanol–water partition coefficient (Wildman–Crippen LogP) is 3.16. The minimum Gasteiger partial charge on any atom is -0.493 e. The van der Waals surface area contributed by atoms with Crippen molar-refractivity contribution in [1.82, 2.24) is 9.55 Å². The average molecular weight is 316 g/mol. The van der Waals surface area contributed by atoms with E-state index in [2.05, 4.69) is 4.98 Å². The zero-order chi connectivity index (χ0) is 15.7. The topological polar surface area (TPSA) is 53.4 Å². The van der Waals surface area contributed by atoms with E-state index in [4.69, 9.17) is 9.47 Å². The molecule has 5 nitrogen and oxygen atoms in total. The van der Waals surface area contributed by atoms with Gasteiger partial charge >= 0.3 is 0 Å². The number of nitrogens with zero attached hydrogens (tertiary/aromatic N) is 2. The van der Waals surface area contributed by atoms with Crippen LogP contribution >= 0.6 is 11.3 Å². The molecule has 0 N–H and O–H groups in total. The summed E-state index contributed by atoms with van der Waals surface area (Å²) in [5, 5.41) is 2.61. The van der Waals surface area contributed by atoms with Gasteiger partial charge < -0.3 is 9.47 Å². The summed E-state index contributed by atoms with van der Waals surface area (Å²) in [6.45, 7) is 2.53. The van der Waals surface area contributed by atoms with Gasteiger partial charge in [-0.15, -0.1) is 11.3 Å². The molecule has 0 aliphatic rings. The average Bonchev–Trinajstić information content (AvgIpc) is 2.99. The van der Waals surface area contributed by atoms with Crippen molar-refractivity contribution in [3.8, 4) is 22.6 Å². The van der Waals surface area contributed by atoms with E-state index < -0.39 is 0 Å². The zero-order valence-corrected chi connectivity index (χ0v) is 13.4. The third kappa shape index (κ3) is 2.25. The first kappa shape index (κ1) is 14.6. The summed E-state index contributed by atoms with van der Waals surface area (Å²) in [5.74, 6) is 1.30. The zero-order valence-electron chi connectivity index (χ0n) is 12.6. The summed E-state index contributed by atoms with van der Waals surface area (Å²) in [6.07, 6.45) is 1.60. The van der Waals surface area contributed by atoms with Gasteiger partial charge in [0.05, 0.1) is 25.9 Å². The normalized spacial score (nSPS) is 10.9. The van der Waals surface area contributed by atoms with E-state index in [0.717, 1.165) is 16.0 Å². The maximum atomic E-state index is 12.6. The van der Waals surface area contributed by atoms with Gasteiger partial charge in [0.2, 0.25) is 0 Å². The van der Waals surface area contributed by atoms with Crippen molar-refractivity contribution < 1.29 is 9.47 Å². The quantitative estimate of drug-likeness (QED) is 0.742. The van der Waals surface area contributed by atoms with Gasteiger partial charge in [0.15, 0.2) is 11.5 Å². The number of rotatable bonds is 4. The highest BCUT2D eigenvalue weighted by Gasteiger charge is 2.14. The number of benzene rings is 1. The summed E-state index contributed by atoms with van der Waals surface area (Å²) in [4.78, 5) is 17.7. The molecule has 2 heterocycles. The van der Waals surface area contributed by atoms with Gasteiger partial charge in [-0.3, -0.25) is 9.36 Å². The first-order valence-electron chi connectivity index (χ1n) is 6.88. The van der Waals surface area contributed by atoms with E-state index in [1.165, 1.54) is 11.3 Å². The molecule has 0 radical (unpaired) electrons. The fourth-order valence-corrected chi connectivity index (χ4v) is 3.32. The van der Waals surface area contributed by atoms with Gasteiger partial charge in [0, 0.05) is 17.5 Å². The lowest BCUT2D eigenvalue weighted by molar-refractivity contribution is 0.355. The molecule has 0 amide bonds. The first-order chi connectivity index (χ1) is 10.7. The minimum atomic E-state index is -0.0152. The minimum absolute atomic E-state index is 0.0152. The summed E-state index contributed by atoms with van der Waals surface area (Å²) in [7, 11) is 3.19. The van der Waals surface area contributed by atoms with Crippen molar-refractivity contribution in [3.05, 3.63) is 40.3 Å². The molecular formula is C16H16N2O3S. The second kappa shape index (κ2) is 5.81. The molecule has 3 rings (SSSR count). The largest absolute Gasteiger partial charge is 0.493 e. The van der Waals surface area contributed by atoms with E-state index in [1.54, 1.807) is 25.1 Å².